The molecule has 5 rings (SSSR count). The molecular weight excluding hydrogens is 551 g/mol. The largest absolute Gasteiger partial charge is 0.504 e. The first kappa shape index (κ1) is 28.5. The van der Waals surface area contributed by atoms with Gasteiger partial charge in [-0.05, 0) is 11.6 Å². The fraction of sp³-hybridized carbons (Fsp3) is 0.400. The molecule has 2 fully saturated rings. The summed E-state index contributed by atoms with van der Waals surface area (Å²) < 4.78 is 20.3. The average Bonchev–Trinajstić information content (AvgIpc) is 3.24. The second-order valence-electron chi connectivity index (χ2n) is 9.99. The third kappa shape index (κ3) is 4.59. The molecule has 16 heteroatoms. The Morgan fingerprint density at radius 1 is 1.02 bits per heavy atom. The van der Waals surface area contributed by atoms with Crippen molar-refractivity contribution in [1.29, 1.82) is 0 Å². The van der Waals surface area contributed by atoms with Crippen LogP contribution in [0.2, 0.25) is 0 Å². The van der Waals surface area contributed by atoms with Crippen molar-refractivity contribution in [2.45, 2.75) is 37.3 Å². The molecule has 0 saturated carbocycles. The quantitative estimate of drug-likeness (QED) is 0.0763. The number of nitrogens with zero attached hydrogens (tertiary/aromatic N) is 2. The second-order valence-corrected chi connectivity index (χ2v) is 9.99. The van der Waals surface area contributed by atoms with Crippen LogP contribution in [0.5, 0.6) is 17.2 Å². The lowest BCUT2D eigenvalue weighted by Gasteiger charge is -2.44. The van der Waals surface area contributed by atoms with Gasteiger partial charge in [-0.2, -0.15) is 0 Å². The summed E-state index contributed by atoms with van der Waals surface area (Å²) in [5.74, 6) is -16.2. The standard InChI is InChI=1S/C25H27FN4O11/c26-14-7-11(9-29-3-5-41-6-4-29)1-2-12(14)8-27-16-13-10-30(22(35)15(13)17(31)19(33)18(16)32)20-21(34)28-23(36)25(39,40)24(20,37)38/h1-2,7,20,27,31-33,37-40H,3-6,8-10H2,(H,28,34,36). The number of anilines is 1. The van der Waals surface area contributed by atoms with Gasteiger partial charge in [0.2, 0.25) is 5.75 Å². The summed E-state index contributed by atoms with van der Waals surface area (Å²) >= 11 is 0. The predicted molar refractivity (Wildman–Crippen MR) is 132 cm³/mol. The number of piperidine rings is 1. The number of benzene rings is 2. The summed E-state index contributed by atoms with van der Waals surface area (Å²) in [6, 6.07) is 2.07. The van der Waals surface area contributed by atoms with Crippen molar-refractivity contribution in [1.82, 2.24) is 15.1 Å². The summed E-state index contributed by atoms with van der Waals surface area (Å²) in [7, 11) is 0. The number of aliphatic hydroxyl groups is 4. The molecule has 1 atom stereocenters. The first-order valence-electron chi connectivity index (χ1n) is 12.4. The minimum Gasteiger partial charge on any atom is -0.504 e. The highest BCUT2D eigenvalue weighted by Crippen LogP contribution is 2.50. The fourth-order valence-electron chi connectivity index (χ4n) is 5.13. The van der Waals surface area contributed by atoms with E-state index in [0.29, 0.717) is 43.3 Å². The number of aromatic hydroxyl groups is 3. The first-order valence-corrected chi connectivity index (χ1v) is 12.4. The van der Waals surface area contributed by atoms with Crippen molar-refractivity contribution in [2.24, 2.45) is 0 Å². The third-order valence-electron chi connectivity index (χ3n) is 7.42. The van der Waals surface area contributed by atoms with Crippen LogP contribution in [0.15, 0.2) is 18.2 Å². The number of amides is 3. The molecular formula is C25H27FN4O11. The normalized spacial score (nSPS) is 22.0. The van der Waals surface area contributed by atoms with E-state index in [4.69, 9.17) is 4.74 Å². The molecule has 0 radical (unpaired) electrons. The van der Waals surface area contributed by atoms with Crippen molar-refractivity contribution >= 4 is 23.4 Å². The van der Waals surface area contributed by atoms with Gasteiger partial charge in [0, 0.05) is 37.3 Å². The van der Waals surface area contributed by atoms with E-state index in [-0.39, 0.29) is 23.4 Å². The Hall–Kier alpha value is -4.06. The predicted octanol–water partition coefficient (Wildman–Crippen LogP) is -2.27. The molecule has 1 unspecified atom stereocenters. The number of morpholine rings is 1. The van der Waals surface area contributed by atoms with Crippen molar-refractivity contribution in [2.75, 3.05) is 31.6 Å². The SMILES string of the molecule is O=C1NC(=O)C(O)(O)C(O)(O)C1N1Cc2c(NCc3ccc(CN4CCOCC4)cc3F)c(O)c(O)c(O)c2C1=O. The van der Waals surface area contributed by atoms with Gasteiger partial charge in [0.15, 0.2) is 17.5 Å². The molecule has 0 aromatic heterocycles. The average molecular weight is 579 g/mol. The number of hydrogen-bond acceptors (Lipinski definition) is 13. The van der Waals surface area contributed by atoms with Crippen LogP contribution in [0.4, 0.5) is 10.1 Å². The molecule has 3 aliphatic rings. The van der Waals surface area contributed by atoms with Crippen LogP contribution in [0.3, 0.4) is 0 Å². The lowest BCUT2D eigenvalue weighted by atomic mass is 9.90. The maximum absolute atomic E-state index is 15.0. The molecule has 0 aliphatic carbocycles. The molecule has 15 nitrogen and oxygen atoms in total. The first-order chi connectivity index (χ1) is 19.3. The third-order valence-corrected chi connectivity index (χ3v) is 7.42. The van der Waals surface area contributed by atoms with Gasteiger partial charge in [0.1, 0.15) is 5.82 Å². The zero-order chi connectivity index (χ0) is 29.9. The number of rotatable bonds is 6. The maximum Gasteiger partial charge on any atom is 0.303 e. The number of carbonyl (C=O) groups is 3. The van der Waals surface area contributed by atoms with E-state index in [1.54, 1.807) is 6.07 Å². The number of phenols is 3. The fourth-order valence-corrected chi connectivity index (χ4v) is 5.13. The molecule has 3 aliphatic heterocycles. The molecule has 41 heavy (non-hydrogen) atoms. The molecule has 3 heterocycles. The van der Waals surface area contributed by atoms with Crippen LogP contribution in [0.25, 0.3) is 0 Å². The van der Waals surface area contributed by atoms with Crippen LogP contribution in [0, 0.1) is 5.82 Å². The van der Waals surface area contributed by atoms with Crippen molar-refractivity contribution in [3.8, 4) is 17.2 Å². The number of halogens is 1. The van der Waals surface area contributed by atoms with E-state index in [1.807, 2.05) is 0 Å². The van der Waals surface area contributed by atoms with Gasteiger partial charge in [-0.25, -0.2) is 4.39 Å². The second kappa shape index (κ2) is 10.1. The Labute approximate surface area is 230 Å². The number of hydrogen-bond donors (Lipinski definition) is 9. The van der Waals surface area contributed by atoms with Crippen LogP contribution in [-0.2, 0) is 34.0 Å². The zero-order valence-corrected chi connectivity index (χ0v) is 21.3. The summed E-state index contributed by atoms with van der Waals surface area (Å²) in [5.41, 5.74) is -0.404. The Balaban J connectivity index is 1.42. The highest BCUT2D eigenvalue weighted by Gasteiger charge is 2.67. The Morgan fingerprint density at radius 2 is 1.71 bits per heavy atom. The Bertz CT molecular complexity index is 1440. The van der Waals surface area contributed by atoms with E-state index in [2.05, 4.69) is 10.2 Å². The van der Waals surface area contributed by atoms with Gasteiger partial charge >= 0.3 is 5.79 Å². The lowest BCUT2D eigenvalue weighted by molar-refractivity contribution is -0.355. The molecule has 2 aromatic carbocycles. The van der Waals surface area contributed by atoms with E-state index in [9.17, 15) is 54.5 Å². The topological polar surface area (TPSA) is 233 Å². The van der Waals surface area contributed by atoms with Crippen LogP contribution >= 0.6 is 0 Å². The molecule has 0 bridgehead atoms. The molecule has 9 N–H and O–H groups in total. The van der Waals surface area contributed by atoms with E-state index in [0.717, 1.165) is 0 Å². The summed E-state index contributed by atoms with van der Waals surface area (Å²) in [4.78, 5) is 40.0. The van der Waals surface area contributed by atoms with Gasteiger partial charge in [-0.15, -0.1) is 0 Å². The summed E-state index contributed by atoms with van der Waals surface area (Å²) in [5, 5.41) is 76.1. The van der Waals surface area contributed by atoms with Gasteiger partial charge in [-0.3, -0.25) is 24.6 Å². The van der Waals surface area contributed by atoms with Crippen molar-refractivity contribution in [3.05, 3.63) is 46.3 Å². The molecule has 2 saturated heterocycles. The molecule has 2 aromatic rings. The van der Waals surface area contributed by atoms with Gasteiger partial charge < -0.3 is 50.7 Å². The number of imide groups is 1. The molecule has 220 valence electrons. The minimum absolute atomic E-state index is 0.137. The Morgan fingerprint density at radius 3 is 2.37 bits per heavy atom. The molecule has 3 amide bonds. The van der Waals surface area contributed by atoms with Crippen molar-refractivity contribution in [3.63, 3.8) is 0 Å². The smallest absolute Gasteiger partial charge is 0.303 e. The van der Waals surface area contributed by atoms with E-state index >= 15 is 0 Å². The molecule has 0 spiro atoms. The zero-order valence-electron chi connectivity index (χ0n) is 21.3. The highest BCUT2D eigenvalue weighted by atomic mass is 19.1. The van der Waals surface area contributed by atoms with Crippen molar-refractivity contribution < 1.29 is 59.3 Å². The van der Waals surface area contributed by atoms with Crippen LogP contribution in [-0.4, -0.2) is 107 Å². The highest BCUT2D eigenvalue weighted by molar-refractivity contribution is 6.10. The minimum atomic E-state index is -3.92. The summed E-state index contributed by atoms with van der Waals surface area (Å²) in [6.07, 6.45) is 0. The summed E-state index contributed by atoms with van der Waals surface area (Å²) in [6.45, 7) is 2.07. The number of phenolic OH excluding ortho intramolecular Hbond substituents is 3. The number of ether oxygens (including phenoxy) is 1. The van der Waals surface area contributed by atoms with Crippen LogP contribution in [0.1, 0.15) is 27.0 Å². The van der Waals surface area contributed by atoms with E-state index in [1.165, 1.54) is 17.4 Å². The Kier molecular flexibility index (Phi) is 7.01. The number of fused-ring (bicyclic) bond motifs is 1. The number of carbonyl (C=O) groups excluding carboxylic acids is 3. The van der Waals surface area contributed by atoms with E-state index < -0.39 is 70.5 Å². The number of nitrogens with one attached hydrogen (secondary N) is 2. The monoisotopic (exact) mass is 578 g/mol. The maximum atomic E-state index is 15.0. The van der Waals surface area contributed by atoms with Crippen LogP contribution < -0.4 is 10.6 Å². The lowest BCUT2D eigenvalue weighted by Crippen LogP contribution is -2.79. The van der Waals surface area contributed by atoms with Gasteiger partial charge in [0.05, 0.1) is 31.0 Å². The van der Waals surface area contributed by atoms with Gasteiger partial charge in [-0.1, -0.05) is 12.1 Å². The van der Waals surface area contributed by atoms with Gasteiger partial charge in [0.25, 0.3) is 23.5 Å².